The topological polar surface area (TPSA) is 122 Å². The summed E-state index contributed by atoms with van der Waals surface area (Å²) in [6, 6.07) is 10.8. The molecule has 2 saturated heterocycles. The number of carbonyl (C=O) groups is 4. The van der Waals surface area contributed by atoms with Crippen molar-refractivity contribution in [3.8, 4) is 22.1 Å². The molecule has 3 fully saturated rings. The van der Waals surface area contributed by atoms with E-state index in [1.54, 1.807) is 38.2 Å². The van der Waals surface area contributed by atoms with Crippen molar-refractivity contribution >= 4 is 84.1 Å². The summed E-state index contributed by atoms with van der Waals surface area (Å²) in [5.74, 6) is -9.00. The lowest BCUT2D eigenvalue weighted by Crippen LogP contribution is -2.49. The van der Waals surface area contributed by atoms with Gasteiger partial charge in [-0.3, -0.25) is 23.9 Å². The molecule has 19 heteroatoms. The monoisotopic (exact) mass is 960 g/mol. The number of fused-ring (bicyclic) bond motifs is 5. The van der Waals surface area contributed by atoms with Crippen molar-refractivity contribution < 1.29 is 55.4 Å². The normalized spacial score (nSPS) is 25.1. The Balaban J connectivity index is 1.16. The smallest absolute Gasteiger partial charge is 0.416 e. The van der Waals surface area contributed by atoms with E-state index < -0.39 is 87.8 Å². The fraction of sp³-hybridized carbons (Fsp3) is 0.326. The predicted molar refractivity (Wildman–Crippen MR) is 220 cm³/mol. The molecule has 2 aliphatic carbocycles. The zero-order valence-electron chi connectivity index (χ0n) is 32.8. The first kappa shape index (κ1) is 42.1. The molecular formula is C43H32BrClF6N4O6S. The molecule has 2 aromatic heterocycles. The van der Waals surface area contributed by atoms with Gasteiger partial charge >= 0.3 is 12.4 Å². The number of ether oxygens (including phenoxy) is 1. The van der Waals surface area contributed by atoms with Gasteiger partial charge in [-0.05, 0) is 114 Å². The number of imide groups is 2. The number of benzene rings is 3. The standard InChI is InChI=1S/C43H32BrClF6N4O6S/c1-17-25-14-21(45)5-8-31(25)62-36(17)29-16-32(53(3)52-29)55-38(58)27-15-26-23(34(41(27,2)40(55)60)18-9-28(44)35(56)30(10-18)61-4)6-7-24-33(26)39(59)54(37(24)57)22-12-19(42(46,47)48)11-20(13-22)43(49,50)51/h5-6,8-14,16,24,26-27,33-34,56H,7,15H2,1-4H3. The van der Waals surface area contributed by atoms with E-state index in [0.717, 1.165) is 25.4 Å². The van der Waals surface area contributed by atoms with Crippen molar-refractivity contribution in [1.82, 2.24) is 9.78 Å². The van der Waals surface area contributed by atoms with Crippen molar-refractivity contribution in [2.45, 2.75) is 45.0 Å². The highest BCUT2D eigenvalue weighted by Gasteiger charge is 2.68. The highest BCUT2D eigenvalue weighted by Crippen LogP contribution is 2.64. The molecule has 9 rings (SSSR count). The second-order valence-electron chi connectivity index (χ2n) is 16.2. The number of phenolic OH excluding ortho intramolecular Hbond substituents is 1. The number of thiophene rings is 1. The number of allylic oxidation sites excluding steroid dienone is 2. The van der Waals surface area contributed by atoms with Crippen molar-refractivity contribution in [3.05, 3.63) is 98.0 Å². The summed E-state index contributed by atoms with van der Waals surface area (Å²) in [6.07, 6.45) is -9.13. The van der Waals surface area contributed by atoms with Crippen LogP contribution in [0.2, 0.25) is 5.02 Å². The minimum Gasteiger partial charge on any atom is -0.503 e. The van der Waals surface area contributed by atoms with Gasteiger partial charge in [-0.2, -0.15) is 31.4 Å². The van der Waals surface area contributed by atoms with E-state index >= 15 is 4.79 Å². The van der Waals surface area contributed by atoms with Gasteiger partial charge in [-0.1, -0.05) is 23.3 Å². The molecule has 0 spiro atoms. The molecule has 6 unspecified atom stereocenters. The number of methoxy groups -OCH3 is 1. The Kier molecular flexibility index (Phi) is 9.62. The van der Waals surface area contributed by atoms with Gasteiger partial charge in [0.25, 0.3) is 0 Å². The van der Waals surface area contributed by atoms with Crippen LogP contribution in [0.1, 0.15) is 47.9 Å². The number of halogens is 8. The lowest BCUT2D eigenvalue weighted by Gasteiger charge is -2.49. The molecule has 10 nitrogen and oxygen atoms in total. The van der Waals surface area contributed by atoms with Crippen LogP contribution in [0.5, 0.6) is 11.5 Å². The third-order valence-electron chi connectivity index (χ3n) is 12.9. The van der Waals surface area contributed by atoms with Gasteiger partial charge in [0, 0.05) is 28.8 Å². The molecule has 62 heavy (non-hydrogen) atoms. The average Bonchev–Trinajstić information content (AvgIpc) is 3.88. The molecule has 4 aliphatic rings. The van der Waals surface area contributed by atoms with E-state index in [2.05, 4.69) is 15.9 Å². The molecule has 0 bridgehead atoms. The Morgan fingerprint density at radius 3 is 2.24 bits per heavy atom. The maximum absolute atomic E-state index is 15.2. The number of phenols is 1. The minimum atomic E-state index is -5.25. The lowest BCUT2D eigenvalue weighted by atomic mass is 9.51. The number of carbonyl (C=O) groups excluding carboxylic acids is 4. The molecule has 6 atom stereocenters. The fourth-order valence-corrected chi connectivity index (χ4v) is 11.8. The Hall–Kier alpha value is -5.20. The quantitative estimate of drug-likeness (QED) is 0.106. The summed E-state index contributed by atoms with van der Waals surface area (Å²) < 4.78 is 91.7. The number of aromatic hydroxyl groups is 1. The summed E-state index contributed by atoms with van der Waals surface area (Å²) in [5.41, 5.74) is -3.61. The summed E-state index contributed by atoms with van der Waals surface area (Å²) in [5, 5.41) is 17.0. The van der Waals surface area contributed by atoms with Gasteiger partial charge in [0.1, 0.15) is 11.5 Å². The number of nitrogens with zero attached hydrogens (tertiary/aromatic N) is 4. The maximum atomic E-state index is 15.2. The molecule has 4 amide bonds. The van der Waals surface area contributed by atoms with E-state index in [0.29, 0.717) is 38.9 Å². The number of anilines is 2. The van der Waals surface area contributed by atoms with Crippen LogP contribution in [0.3, 0.4) is 0 Å². The first-order valence-electron chi connectivity index (χ1n) is 19.1. The van der Waals surface area contributed by atoms with E-state index in [4.69, 9.17) is 21.4 Å². The number of amides is 4. The van der Waals surface area contributed by atoms with Crippen molar-refractivity contribution in [1.29, 1.82) is 0 Å². The Bertz CT molecular complexity index is 2820. The van der Waals surface area contributed by atoms with E-state index in [1.807, 2.05) is 19.1 Å². The van der Waals surface area contributed by atoms with Crippen LogP contribution in [-0.4, -0.2) is 45.6 Å². The molecule has 1 N–H and O–H groups in total. The second kappa shape index (κ2) is 14.2. The molecular weight excluding hydrogens is 930 g/mol. The number of rotatable bonds is 5. The van der Waals surface area contributed by atoms with Gasteiger partial charge in [0.05, 0.1) is 56.4 Å². The van der Waals surface area contributed by atoms with Crippen LogP contribution < -0.4 is 14.5 Å². The number of aromatic nitrogens is 2. The minimum absolute atomic E-state index is 0.0131. The zero-order valence-corrected chi connectivity index (χ0v) is 35.9. The van der Waals surface area contributed by atoms with Crippen LogP contribution >= 0.6 is 38.9 Å². The Morgan fingerprint density at radius 1 is 0.919 bits per heavy atom. The SMILES string of the molecule is COc1cc(C2C3=CCC4C(=O)N(c5cc(C(F)(F)F)cc(C(F)(F)F)c5)C(=O)C4C3CC3C(=O)N(c4cc(-c5sc6ccc(Cl)cc6c5C)nn4C)C(=O)C32C)cc(Br)c1O. The van der Waals surface area contributed by atoms with Crippen LogP contribution in [0.4, 0.5) is 37.8 Å². The Labute approximate surface area is 365 Å². The zero-order chi connectivity index (χ0) is 44.7. The maximum Gasteiger partial charge on any atom is 0.416 e. The van der Waals surface area contributed by atoms with Crippen molar-refractivity contribution in [2.24, 2.45) is 36.1 Å². The second-order valence-corrected chi connectivity index (χ2v) is 18.5. The summed E-state index contributed by atoms with van der Waals surface area (Å²) in [4.78, 5) is 61.0. The van der Waals surface area contributed by atoms with Gasteiger partial charge in [-0.25, -0.2) is 9.80 Å². The number of aryl methyl sites for hydroxylation is 2. The largest absolute Gasteiger partial charge is 0.503 e. The first-order valence-corrected chi connectivity index (χ1v) is 21.1. The lowest BCUT2D eigenvalue weighted by molar-refractivity contribution is -0.143. The van der Waals surface area contributed by atoms with E-state index in [-0.39, 0.29) is 40.7 Å². The van der Waals surface area contributed by atoms with Crippen LogP contribution in [0.25, 0.3) is 20.7 Å². The fourth-order valence-electron chi connectivity index (χ4n) is 10.1. The van der Waals surface area contributed by atoms with Gasteiger partial charge in [-0.15, -0.1) is 11.3 Å². The van der Waals surface area contributed by atoms with Gasteiger partial charge in [0.15, 0.2) is 11.5 Å². The number of hydrogen-bond acceptors (Lipinski definition) is 8. The van der Waals surface area contributed by atoms with Gasteiger partial charge < -0.3 is 9.84 Å². The molecule has 1 saturated carbocycles. The summed E-state index contributed by atoms with van der Waals surface area (Å²) in [6.45, 7) is 3.54. The summed E-state index contributed by atoms with van der Waals surface area (Å²) in [7, 11) is 2.91. The van der Waals surface area contributed by atoms with Crippen molar-refractivity contribution in [3.63, 3.8) is 0 Å². The molecule has 3 aromatic carbocycles. The first-order chi connectivity index (χ1) is 29.1. The van der Waals surface area contributed by atoms with E-state index in [1.165, 1.54) is 29.2 Å². The van der Waals surface area contributed by atoms with Crippen LogP contribution in [-0.2, 0) is 38.6 Å². The molecule has 2 aliphatic heterocycles. The Morgan fingerprint density at radius 2 is 1.60 bits per heavy atom. The third-order valence-corrected chi connectivity index (χ3v) is 15.1. The van der Waals surface area contributed by atoms with Crippen molar-refractivity contribution in [2.75, 3.05) is 16.9 Å². The third kappa shape index (κ3) is 6.13. The molecule has 322 valence electrons. The number of hydrogen-bond donors (Lipinski definition) is 1. The molecule has 0 radical (unpaired) electrons. The highest BCUT2D eigenvalue weighted by atomic mass is 79.9. The van der Waals surface area contributed by atoms with Crippen LogP contribution in [0, 0.1) is 36.0 Å². The van der Waals surface area contributed by atoms with Gasteiger partial charge in [0.2, 0.25) is 23.6 Å². The summed E-state index contributed by atoms with van der Waals surface area (Å²) >= 11 is 11.1. The van der Waals surface area contributed by atoms with E-state index in [9.17, 15) is 45.8 Å². The average molecular weight is 962 g/mol. The highest BCUT2D eigenvalue weighted by molar-refractivity contribution is 9.10. The van der Waals surface area contributed by atoms with Crippen LogP contribution in [0.15, 0.2) is 70.7 Å². The molecule has 4 heterocycles. The predicted octanol–water partition coefficient (Wildman–Crippen LogP) is 10.2. The molecule has 5 aromatic rings. The number of alkyl halides is 6.